The van der Waals surface area contributed by atoms with Gasteiger partial charge in [-0.15, -0.1) is 11.3 Å². The Kier molecular flexibility index (Phi) is 3.83. The molecule has 0 saturated heterocycles. The number of thiophene rings is 1. The van der Waals surface area contributed by atoms with E-state index >= 15 is 0 Å². The maximum absolute atomic E-state index is 6.65. The molecule has 0 bridgehead atoms. The number of nitrogens with zero attached hydrogens (tertiary/aromatic N) is 3. The molecule has 2 aromatic carbocycles. The van der Waals surface area contributed by atoms with E-state index in [-0.39, 0.29) is 12.1 Å². The van der Waals surface area contributed by atoms with Gasteiger partial charge < -0.3 is 10.1 Å². The second-order valence-electron chi connectivity index (χ2n) is 7.81. The third-order valence-corrected chi connectivity index (χ3v) is 6.69. The quantitative estimate of drug-likeness (QED) is 0.471. The van der Waals surface area contributed by atoms with Crippen molar-refractivity contribution in [3.8, 4) is 5.75 Å². The molecule has 6 heteroatoms. The molecule has 2 aliphatic heterocycles. The zero-order chi connectivity index (χ0) is 20.2. The Bertz CT molecular complexity index is 1270. The minimum absolute atomic E-state index is 0.0706. The molecule has 4 aromatic rings. The van der Waals surface area contributed by atoms with Crippen LogP contribution in [0, 0.1) is 13.8 Å². The highest BCUT2D eigenvalue weighted by atomic mass is 32.1. The average Bonchev–Trinajstić information content (AvgIpc) is 3.44. The van der Waals surface area contributed by atoms with E-state index in [4.69, 9.17) is 4.74 Å². The highest BCUT2D eigenvalue weighted by molar-refractivity contribution is 7.10. The lowest BCUT2D eigenvalue weighted by atomic mass is 9.86. The van der Waals surface area contributed by atoms with Gasteiger partial charge in [0.25, 0.3) is 0 Å². The molecule has 0 fully saturated rings. The molecular formula is C24H20N4OS. The number of fused-ring (bicyclic) bond motifs is 3. The Morgan fingerprint density at radius 2 is 1.87 bits per heavy atom. The molecule has 2 aromatic heterocycles. The summed E-state index contributed by atoms with van der Waals surface area (Å²) in [5.41, 5.74) is 6.87. The van der Waals surface area contributed by atoms with Crippen LogP contribution in [0.5, 0.6) is 5.75 Å². The van der Waals surface area contributed by atoms with E-state index in [1.165, 1.54) is 16.0 Å². The first-order valence-electron chi connectivity index (χ1n) is 9.97. The van der Waals surface area contributed by atoms with Gasteiger partial charge in [-0.25, -0.2) is 4.68 Å². The predicted octanol–water partition coefficient (Wildman–Crippen LogP) is 5.52. The van der Waals surface area contributed by atoms with Gasteiger partial charge >= 0.3 is 0 Å². The van der Waals surface area contributed by atoms with Crippen molar-refractivity contribution in [3.05, 3.63) is 99.0 Å². The first kappa shape index (κ1) is 17.5. The summed E-state index contributed by atoms with van der Waals surface area (Å²) in [6, 6.07) is 19.1. The lowest BCUT2D eigenvalue weighted by Crippen LogP contribution is -2.32. The van der Waals surface area contributed by atoms with Gasteiger partial charge in [0, 0.05) is 16.0 Å². The van der Waals surface area contributed by atoms with Gasteiger partial charge in [-0.2, -0.15) is 10.1 Å². The lowest BCUT2D eigenvalue weighted by molar-refractivity contribution is 0.223. The van der Waals surface area contributed by atoms with Crippen molar-refractivity contribution in [1.29, 1.82) is 0 Å². The predicted molar refractivity (Wildman–Crippen MR) is 119 cm³/mol. The normalized spacial score (nSPS) is 19.4. The average molecular weight is 413 g/mol. The zero-order valence-corrected chi connectivity index (χ0v) is 17.5. The van der Waals surface area contributed by atoms with Crippen LogP contribution in [-0.4, -0.2) is 14.8 Å². The minimum atomic E-state index is -0.215. The molecule has 0 aliphatic carbocycles. The van der Waals surface area contributed by atoms with Crippen LogP contribution in [0.15, 0.2) is 71.9 Å². The Labute approximate surface area is 178 Å². The van der Waals surface area contributed by atoms with E-state index in [0.717, 1.165) is 34.1 Å². The summed E-state index contributed by atoms with van der Waals surface area (Å²) in [7, 11) is 0. The van der Waals surface area contributed by atoms with Gasteiger partial charge in [0.2, 0.25) is 5.95 Å². The van der Waals surface area contributed by atoms with E-state index in [2.05, 4.69) is 89.2 Å². The maximum atomic E-state index is 6.65. The standard InChI is InChI=1S/C24H20N4OS/c1-14-5-8-16(9-6-14)23-20-21(17-12-15(2)7-10-18(17)29-23)27-24-25-13-26-28(24)22(20)19-4-3-11-30-19/h3-13,22-23H,1-2H3,(H,25,26,27)/t22-,23+/m1/s1. The maximum Gasteiger partial charge on any atom is 0.226 e. The number of hydrogen-bond donors (Lipinski definition) is 1. The molecule has 0 radical (unpaired) electrons. The molecule has 1 N–H and O–H groups in total. The van der Waals surface area contributed by atoms with Crippen molar-refractivity contribution in [3.63, 3.8) is 0 Å². The Hall–Kier alpha value is -3.38. The summed E-state index contributed by atoms with van der Waals surface area (Å²) >= 11 is 1.73. The van der Waals surface area contributed by atoms with E-state index in [1.807, 2.05) is 4.68 Å². The fraction of sp³-hybridized carbons (Fsp3) is 0.167. The summed E-state index contributed by atoms with van der Waals surface area (Å²) in [6.07, 6.45) is 1.40. The number of benzene rings is 2. The van der Waals surface area contributed by atoms with Crippen LogP contribution in [0.3, 0.4) is 0 Å². The van der Waals surface area contributed by atoms with E-state index < -0.39 is 0 Å². The third kappa shape index (κ3) is 2.60. The smallest absolute Gasteiger partial charge is 0.226 e. The topological polar surface area (TPSA) is 52.0 Å². The fourth-order valence-electron chi connectivity index (χ4n) is 4.32. The number of anilines is 1. The van der Waals surface area contributed by atoms with Gasteiger partial charge in [-0.3, -0.25) is 0 Å². The van der Waals surface area contributed by atoms with Gasteiger partial charge in [0.15, 0.2) is 0 Å². The summed E-state index contributed by atoms with van der Waals surface area (Å²) in [6.45, 7) is 4.21. The molecule has 2 aliphatic rings. The van der Waals surface area contributed by atoms with E-state index in [0.29, 0.717) is 0 Å². The first-order chi connectivity index (χ1) is 14.7. The fourth-order valence-corrected chi connectivity index (χ4v) is 5.15. The molecule has 5 nitrogen and oxygen atoms in total. The van der Waals surface area contributed by atoms with Crippen LogP contribution in [0.1, 0.15) is 39.3 Å². The Balaban J connectivity index is 1.63. The summed E-state index contributed by atoms with van der Waals surface area (Å²) in [4.78, 5) is 5.70. The summed E-state index contributed by atoms with van der Waals surface area (Å²) in [5.74, 6) is 1.64. The second-order valence-corrected chi connectivity index (χ2v) is 8.79. The molecule has 0 saturated carbocycles. The monoisotopic (exact) mass is 412 g/mol. The Morgan fingerprint density at radius 1 is 1.03 bits per heavy atom. The molecule has 0 unspecified atom stereocenters. The molecular weight excluding hydrogens is 392 g/mol. The number of aromatic nitrogens is 3. The molecule has 4 heterocycles. The molecule has 0 amide bonds. The van der Waals surface area contributed by atoms with Crippen LogP contribution >= 0.6 is 11.3 Å². The van der Waals surface area contributed by atoms with Crippen LogP contribution in [-0.2, 0) is 0 Å². The van der Waals surface area contributed by atoms with Crippen LogP contribution in [0.25, 0.3) is 5.70 Å². The third-order valence-electron chi connectivity index (χ3n) is 5.76. The van der Waals surface area contributed by atoms with Crippen molar-refractivity contribution in [2.45, 2.75) is 26.0 Å². The SMILES string of the molecule is Cc1ccc([C@@H]2Oc3ccc(C)cc3C3=C2[C@@H](c2cccs2)n2ncnc2N3)cc1. The largest absolute Gasteiger partial charge is 0.480 e. The highest BCUT2D eigenvalue weighted by Gasteiger charge is 2.41. The van der Waals surface area contributed by atoms with Crippen molar-refractivity contribution in [2.24, 2.45) is 0 Å². The van der Waals surface area contributed by atoms with Gasteiger partial charge in [0.05, 0.1) is 5.70 Å². The van der Waals surface area contributed by atoms with E-state index in [9.17, 15) is 0 Å². The Morgan fingerprint density at radius 3 is 2.67 bits per heavy atom. The number of ether oxygens (including phenoxy) is 1. The number of nitrogens with one attached hydrogen (secondary N) is 1. The van der Waals surface area contributed by atoms with Crippen molar-refractivity contribution >= 4 is 23.0 Å². The molecule has 2 atom stereocenters. The summed E-state index contributed by atoms with van der Waals surface area (Å²) < 4.78 is 8.62. The molecule has 148 valence electrons. The zero-order valence-electron chi connectivity index (χ0n) is 16.7. The van der Waals surface area contributed by atoms with Gasteiger partial charge in [-0.05, 0) is 43.0 Å². The van der Waals surface area contributed by atoms with Gasteiger partial charge in [0.1, 0.15) is 24.2 Å². The van der Waals surface area contributed by atoms with Crippen LogP contribution < -0.4 is 10.1 Å². The van der Waals surface area contributed by atoms with Crippen molar-refractivity contribution in [1.82, 2.24) is 14.8 Å². The van der Waals surface area contributed by atoms with Crippen LogP contribution in [0.2, 0.25) is 0 Å². The molecule has 0 spiro atoms. The van der Waals surface area contributed by atoms with Crippen molar-refractivity contribution in [2.75, 3.05) is 5.32 Å². The van der Waals surface area contributed by atoms with E-state index in [1.54, 1.807) is 17.7 Å². The second kappa shape index (κ2) is 6.57. The first-order valence-corrected chi connectivity index (χ1v) is 10.9. The lowest BCUT2D eigenvalue weighted by Gasteiger charge is -2.38. The molecule has 30 heavy (non-hydrogen) atoms. The van der Waals surface area contributed by atoms with Crippen LogP contribution in [0.4, 0.5) is 5.95 Å². The molecule has 6 rings (SSSR count). The number of hydrogen-bond acceptors (Lipinski definition) is 5. The minimum Gasteiger partial charge on any atom is -0.480 e. The van der Waals surface area contributed by atoms with Crippen molar-refractivity contribution < 1.29 is 4.74 Å². The summed E-state index contributed by atoms with van der Waals surface area (Å²) in [5, 5.41) is 10.2. The van der Waals surface area contributed by atoms with Gasteiger partial charge in [-0.1, -0.05) is 47.5 Å². The number of rotatable bonds is 2. The highest BCUT2D eigenvalue weighted by Crippen LogP contribution is 2.51. The number of aryl methyl sites for hydroxylation is 2.